The van der Waals surface area contributed by atoms with Gasteiger partial charge in [-0.15, -0.1) is 0 Å². The largest absolute Gasteiger partial charge is 0.468 e. The van der Waals surface area contributed by atoms with Crippen LogP contribution >= 0.6 is 0 Å². The fraction of sp³-hybridized carbons (Fsp3) is 0.300. The van der Waals surface area contributed by atoms with E-state index < -0.39 is 47.3 Å². The molecule has 0 aliphatic heterocycles. The minimum atomic E-state index is -1.30. The summed E-state index contributed by atoms with van der Waals surface area (Å²) in [4.78, 5) is 41.0. The summed E-state index contributed by atoms with van der Waals surface area (Å²) in [5.74, 6) is -4.66. The molecule has 0 aliphatic rings. The van der Waals surface area contributed by atoms with Gasteiger partial charge in [0, 0.05) is 18.5 Å². The maximum Gasteiger partial charge on any atom is 0.323 e. The Balaban J connectivity index is 2.15. The van der Waals surface area contributed by atoms with E-state index >= 15 is 0 Å². The van der Waals surface area contributed by atoms with Gasteiger partial charge in [0.05, 0.1) is 25.5 Å². The number of benzene rings is 1. The van der Waals surface area contributed by atoms with E-state index in [0.717, 1.165) is 19.2 Å². The number of Topliss-reactive ketones (excluding diaryl/α,β-unsaturated/α-hetero) is 1. The second-order valence-electron chi connectivity index (χ2n) is 6.46. The summed E-state index contributed by atoms with van der Waals surface area (Å²) >= 11 is 0. The van der Waals surface area contributed by atoms with Gasteiger partial charge in [-0.3, -0.25) is 19.4 Å². The lowest BCUT2D eigenvalue weighted by molar-refractivity contribution is -0.144. The van der Waals surface area contributed by atoms with Crippen LogP contribution in [0.4, 0.5) is 8.78 Å². The molecule has 2 aromatic rings. The number of rotatable bonds is 8. The molecule has 2 rings (SSSR count). The van der Waals surface area contributed by atoms with Crippen LogP contribution in [0.3, 0.4) is 0 Å². The number of esters is 1. The molecule has 0 saturated carbocycles. The highest BCUT2D eigenvalue weighted by Crippen LogP contribution is 2.22. The number of carbonyl (C=O) groups is 3. The van der Waals surface area contributed by atoms with Crippen molar-refractivity contribution in [3.8, 4) is 0 Å². The molecule has 29 heavy (non-hydrogen) atoms. The zero-order valence-corrected chi connectivity index (χ0v) is 15.9. The lowest BCUT2D eigenvalue weighted by atomic mass is 9.86. The normalized spacial score (nSPS) is 13.8. The van der Waals surface area contributed by atoms with Crippen molar-refractivity contribution >= 4 is 17.7 Å². The second kappa shape index (κ2) is 9.83. The highest BCUT2D eigenvalue weighted by Gasteiger charge is 2.36. The summed E-state index contributed by atoms with van der Waals surface area (Å²) in [5.41, 5.74) is 6.42. The number of hydrogen-bond donors (Lipinski definition) is 2. The molecule has 0 aliphatic carbocycles. The van der Waals surface area contributed by atoms with E-state index in [0.29, 0.717) is 11.6 Å². The van der Waals surface area contributed by atoms with E-state index in [4.69, 9.17) is 5.73 Å². The number of halogens is 2. The number of nitrogens with two attached hydrogens (primary N) is 1. The Hall–Kier alpha value is -3.20. The Bertz CT molecular complexity index is 872. The van der Waals surface area contributed by atoms with Crippen molar-refractivity contribution in [1.29, 1.82) is 0 Å². The summed E-state index contributed by atoms with van der Waals surface area (Å²) < 4.78 is 31.2. The monoisotopic (exact) mass is 405 g/mol. The standard InChI is InChI=1S/C20H21F2N3O4/c1-11(25-16(26)8-12-6-14(21)9-15(22)7-12)19(27)17(18(23)20(28)29-2)13-4-3-5-24-10-13/h3-7,9-11,17-18H,8,23H2,1-2H3,(H,25,26)/t11-,17?,18?/m0/s1. The first-order chi connectivity index (χ1) is 13.7. The zero-order chi connectivity index (χ0) is 21.6. The van der Waals surface area contributed by atoms with Gasteiger partial charge in [0.15, 0.2) is 5.78 Å². The van der Waals surface area contributed by atoms with E-state index in [2.05, 4.69) is 15.0 Å². The Kier molecular flexibility index (Phi) is 7.49. The summed E-state index contributed by atoms with van der Waals surface area (Å²) in [6.45, 7) is 1.43. The third-order valence-corrected chi connectivity index (χ3v) is 4.27. The Morgan fingerprint density at radius 1 is 1.21 bits per heavy atom. The quantitative estimate of drug-likeness (QED) is 0.640. The van der Waals surface area contributed by atoms with Crippen LogP contribution in [0.1, 0.15) is 24.0 Å². The van der Waals surface area contributed by atoms with Crippen molar-refractivity contribution in [3.05, 3.63) is 65.5 Å². The smallest absolute Gasteiger partial charge is 0.323 e. The average molecular weight is 405 g/mol. The van der Waals surface area contributed by atoms with Gasteiger partial charge in [-0.1, -0.05) is 6.07 Å². The number of ketones is 1. The van der Waals surface area contributed by atoms with Crippen LogP contribution in [0.25, 0.3) is 0 Å². The van der Waals surface area contributed by atoms with E-state index in [-0.39, 0.29) is 12.0 Å². The average Bonchev–Trinajstić information content (AvgIpc) is 2.67. The lowest BCUT2D eigenvalue weighted by Gasteiger charge is -2.24. The molecular weight excluding hydrogens is 384 g/mol. The minimum absolute atomic E-state index is 0.120. The molecular formula is C20H21F2N3O4. The first kappa shape index (κ1) is 22.1. The van der Waals surface area contributed by atoms with Crippen LogP contribution in [0.2, 0.25) is 0 Å². The predicted octanol–water partition coefficient (Wildman–Crippen LogP) is 1.26. The topological polar surface area (TPSA) is 111 Å². The van der Waals surface area contributed by atoms with E-state index in [1.807, 2.05) is 0 Å². The molecule has 154 valence electrons. The lowest BCUT2D eigenvalue weighted by Crippen LogP contribution is -2.48. The van der Waals surface area contributed by atoms with Crippen LogP contribution < -0.4 is 11.1 Å². The number of hydrogen-bond acceptors (Lipinski definition) is 6. The van der Waals surface area contributed by atoms with E-state index in [1.54, 1.807) is 12.1 Å². The SMILES string of the molecule is COC(=O)C(N)C(C(=O)[C@H](C)NC(=O)Cc1cc(F)cc(F)c1)c1cccnc1. The molecule has 0 spiro atoms. The van der Waals surface area contributed by atoms with Crippen LogP contribution in [-0.2, 0) is 25.5 Å². The number of methoxy groups -OCH3 is 1. The fourth-order valence-electron chi connectivity index (χ4n) is 2.91. The van der Waals surface area contributed by atoms with E-state index in [1.165, 1.54) is 19.3 Å². The predicted molar refractivity (Wildman–Crippen MR) is 99.6 cm³/mol. The van der Waals surface area contributed by atoms with Gasteiger partial charge in [0.1, 0.15) is 17.7 Å². The number of nitrogens with one attached hydrogen (secondary N) is 1. The van der Waals surface area contributed by atoms with Crippen molar-refractivity contribution in [1.82, 2.24) is 10.3 Å². The number of aromatic nitrogens is 1. The van der Waals surface area contributed by atoms with Gasteiger partial charge in [0.25, 0.3) is 0 Å². The molecule has 0 saturated heterocycles. The summed E-state index contributed by atoms with van der Waals surface area (Å²) in [5, 5.41) is 2.47. The highest BCUT2D eigenvalue weighted by atomic mass is 19.1. The molecule has 1 aromatic heterocycles. The molecule has 2 unspecified atom stereocenters. The van der Waals surface area contributed by atoms with Crippen molar-refractivity contribution in [2.45, 2.75) is 31.3 Å². The van der Waals surface area contributed by atoms with Crippen molar-refractivity contribution in [2.75, 3.05) is 7.11 Å². The third-order valence-electron chi connectivity index (χ3n) is 4.27. The fourth-order valence-corrected chi connectivity index (χ4v) is 2.91. The maximum absolute atomic E-state index is 13.3. The third kappa shape index (κ3) is 5.89. The second-order valence-corrected chi connectivity index (χ2v) is 6.46. The molecule has 1 aromatic carbocycles. The molecule has 3 N–H and O–H groups in total. The number of carbonyl (C=O) groups excluding carboxylic acids is 3. The first-order valence-electron chi connectivity index (χ1n) is 8.74. The van der Waals surface area contributed by atoms with Gasteiger partial charge < -0.3 is 15.8 Å². The molecule has 0 bridgehead atoms. The molecule has 0 radical (unpaired) electrons. The van der Waals surface area contributed by atoms with Crippen LogP contribution in [0.15, 0.2) is 42.7 Å². The number of nitrogens with zero attached hydrogens (tertiary/aromatic N) is 1. The molecule has 7 nitrogen and oxygen atoms in total. The van der Waals surface area contributed by atoms with Crippen LogP contribution in [0.5, 0.6) is 0 Å². The molecule has 1 amide bonds. The Labute approximate surface area is 166 Å². The van der Waals surface area contributed by atoms with Crippen molar-refractivity contribution < 1.29 is 27.9 Å². The van der Waals surface area contributed by atoms with Gasteiger partial charge in [-0.05, 0) is 36.2 Å². The van der Waals surface area contributed by atoms with Gasteiger partial charge in [-0.25, -0.2) is 8.78 Å². The van der Waals surface area contributed by atoms with Gasteiger partial charge >= 0.3 is 5.97 Å². The molecule has 1 heterocycles. The number of pyridine rings is 1. The highest BCUT2D eigenvalue weighted by molar-refractivity contribution is 5.97. The first-order valence-corrected chi connectivity index (χ1v) is 8.74. The Morgan fingerprint density at radius 3 is 2.41 bits per heavy atom. The van der Waals surface area contributed by atoms with Crippen LogP contribution in [-0.4, -0.2) is 41.8 Å². The maximum atomic E-state index is 13.3. The van der Waals surface area contributed by atoms with Crippen molar-refractivity contribution in [2.24, 2.45) is 5.73 Å². The van der Waals surface area contributed by atoms with Crippen molar-refractivity contribution in [3.63, 3.8) is 0 Å². The van der Waals surface area contributed by atoms with Gasteiger partial charge in [-0.2, -0.15) is 0 Å². The molecule has 3 atom stereocenters. The minimum Gasteiger partial charge on any atom is -0.468 e. The number of amides is 1. The van der Waals surface area contributed by atoms with E-state index in [9.17, 15) is 23.2 Å². The molecule has 9 heteroatoms. The summed E-state index contributed by atoms with van der Waals surface area (Å²) in [6.07, 6.45) is 2.57. The molecule has 0 fully saturated rings. The summed E-state index contributed by atoms with van der Waals surface area (Å²) in [6, 6.07) is 3.60. The van der Waals surface area contributed by atoms with Crippen LogP contribution in [0, 0.1) is 11.6 Å². The zero-order valence-electron chi connectivity index (χ0n) is 15.9. The van der Waals surface area contributed by atoms with Gasteiger partial charge in [0.2, 0.25) is 5.91 Å². The Morgan fingerprint density at radius 2 is 1.86 bits per heavy atom. The summed E-state index contributed by atoms with van der Waals surface area (Å²) in [7, 11) is 1.15. The number of ether oxygens (including phenoxy) is 1.